The second kappa shape index (κ2) is 10.3. The van der Waals surface area contributed by atoms with Crippen LogP contribution in [0.4, 0.5) is 18.9 Å². The molecule has 0 bridgehead atoms. The molecule has 0 radical (unpaired) electrons. The Labute approximate surface area is 224 Å². The average Bonchev–Trinajstić information content (AvgIpc) is 3.57. The fraction of sp³-hybridized carbons (Fsp3) is 0.321. The summed E-state index contributed by atoms with van der Waals surface area (Å²) in [6, 6.07) is 18.5. The number of nitrogens with one attached hydrogen (secondary N) is 1. The molecule has 39 heavy (non-hydrogen) atoms. The number of benzene rings is 3. The van der Waals surface area contributed by atoms with Gasteiger partial charge in [-0.05, 0) is 78.8 Å². The maximum atomic E-state index is 13.2. The van der Waals surface area contributed by atoms with Gasteiger partial charge in [0.05, 0.1) is 16.9 Å². The lowest BCUT2D eigenvalue weighted by molar-refractivity contribution is -0.274. The molecule has 11 heteroatoms. The molecule has 3 aromatic rings. The van der Waals surface area contributed by atoms with E-state index in [-0.39, 0.29) is 23.2 Å². The number of carbonyl (C=O) groups excluding carboxylic acids is 1. The van der Waals surface area contributed by atoms with Gasteiger partial charge in [-0.3, -0.25) is 4.79 Å². The highest BCUT2D eigenvalue weighted by Crippen LogP contribution is 2.49. The SMILES string of the molecule is O=C(Nc1cccc(-c2ccc(S(=O)(=O)N3CCC[C@@H]3CO)cc2)c1)C1(c2ccc(OC(F)(F)F)cc2)CC1. The minimum Gasteiger partial charge on any atom is -0.406 e. The molecular weight excluding hydrogens is 533 g/mol. The number of aliphatic hydroxyl groups is 1. The van der Waals surface area contributed by atoms with Gasteiger partial charge in [0.2, 0.25) is 15.9 Å². The van der Waals surface area contributed by atoms with Gasteiger partial charge in [0.15, 0.2) is 0 Å². The Morgan fingerprint density at radius 2 is 1.72 bits per heavy atom. The van der Waals surface area contributed by atoms with E-state index >= 15 is 0 Å². The van der Waals surface area contributed by atoms with E-state index in [1.165, 1.54) is 40.7 Å². The molecule has 0 aromatic heterocycles. The van der Waals surface area contributed by atoms with E-state index in [0.29, 0.717) is 43.5 Å². The monoisotopic (exact) mass is 560 g/mol. The van der Waals surface area contributed by atoms with Crippen LogP contribution in [0.25, 0.3) is 11.1 Å². The highest BCUT2D eigenvalue weighted by molar-refractivity contribution is 7.89. The number of alkyl halides is 3. The van der Waals surface area contributed by atoms with Crippen LogP contribution in [-0.4, -0.2) is 49.3 Å². The van der Waals surface area contributed by atoms with Gasteiger partial charge in [0.25, 0.3) is 0 Å². The van der Waals surface area contributed by atoms with Gasteiger partial charge in [0.1, 0.15) is 5.75 Å². The Hall–Kier alpha value is -3.41. The second-order valence-electron chi connectivity index (χ2n) is 9.81. The lowest BCUT2D eigenvalue weighted by Crippen LogP contribution is -2.37. The van der Waals surface area contributed by atoms with Crippen LogP contribution in [0, 0.1) is 0 Å². The van der Waals surface area contributed by atoms with Crippen LogP contribution in [0.15, 0.2) is 77.7 Å². The molecular formula is C28H27F3N2O5S. The van der Waals surface area contributed by atoms with Crippen LogP contribution in [0.2, 0.25) is 0 Å². The highest BCUT2D eigenvalue weighted by Gasteiger charge is 2.51. The number of nitrogens with zero attached hydrogens (tertiary/aromatic N) is 1. The molecule has 2 fully saturated rings. The minimum atomic E-state index is -4.79. The number of sulfonamides is 1. The first-order valence-corrected chi connectivity index (χ1v) is 14.0. The number of aliphatic hydroxyl groups excluding tert-OH is 1. The fourth-order valence-corrected chi connectivity index (χ4v) is 6.72. The smallest absolute Gasteiger partial charge is 0.406 e. The summed E-state index contributed by atoms with van der Waals surface area (Å²) in [5.41, 5.74) is 1.87. The third-order valence-corrected chi connectivity index (χ3v) is 9.24. The van der Waals surface area contributed by atoms with E-state index in [0.717, 1.165) is 11.1 Å². The lowest BCUT2D eigenvalue weighted by Gasteiger charge is -2.22. The summed E-state index contributed by atoms with van der Waals surface area (Å²) < 4.78 is 68.7. The molecule has 206 valence electrons. The first kappa shape index (κ1) is 27.2. The Morgan fingerprint density at radius 1 is 1.03 bits per heavy atom. The summed E-state index contributed by atoms with van der Waals surface area (Å²) in [5, 5.41) is 12.4. The van der Waals surface area contributed by atoms with Crippen molar-refractivity contribution < 1.29 is 36.2 Å². The van der Waals surface area contributed by atoms with Crippen molar-refractivity contribution >= 4 is 21.6 Å². The number of halogens is 3. The van der Waals surface area contributed by atoms with Crippen molar-refractivity contribution in [1.82, 2.24) is 4.31 Å². The van der Waals surface area contributed by atoms with Gasteiger partial charge in [0, 0.05) is 18.3 Å². The van der Waals surface area contributed by atoms with E-state index in [4.69, 9.17) is 0 Å². The summed E-state index contributed by atoms with van der Waals surface area (Å²) in [6.07, 6.45) is -2.30. The van der Waals surface area contributed by atoms with Crippen LogP contribution in [-0.2, 0) is 20.2 Å². The van der Waals surface area contributed by atoms with Crippen molar-refractivity contribution in [2.75, 3.05) is 18.5 Å². The zero-order valence-corrected chi connectivity index (χ0v) is 21.6. The predicted octanol–water partition coefficient (Wildman–Crippen LogP) is 5.07. The van der Waals surface area contributed by atoms with E-state index < -0.39 is 27.8 Å². The van der Waals surface area contributed by atoms with Crippen molar-refractivity contribution in [2.45, 2.75) is 48.4 Å². The van der Waals surface area contributed by atoms with Crippen LogP contribution >= 0.6 is 0 Å². The summed E-state index contributed by atoms with van der Waals surface area (Å²) in [7, 11) is -3.72. The average molecular weight is 561 g/mol. The van der Waals surface area contributed by atoms with Crippen molar-refractivity contribution in [3.63, 3.8) is 0 Å². The van der Waals surface area contributed by atoms with Crippen LogP contribution in [0.5, 0.6) is 5.75 Å². The number of rotatable bonds is 8. The largest absolute Gasteiger partial charge is 0.573 e. The minimum absolute atomic E-state index is 0.151. The molecule has 1 saturated carbocycles. The van der Waals surface area contributed by atoms with Gasteiger partial charge in [-0.15, -0.1) is 13.2 Å². The van der Waals surface area contributed by atoms with Crippen molar-refractivity contribution in [1.29, 1.82) is 0 Å². The molecule has 1 aliphatic heterocycles. The lowest BCUT2D eigenvalue weighted by atomic mass is 9.94. The normalized spacial score (nSPS) is 19.0. The van der Waals surface area contributed by atoms with E-state index in [1.807, 2.05) is 6.07 Å². The van der Waals surface area contributed by atoms with Crippen molar-refractivity contribution in [3.8, 4) is 16.9 Å². The zero-order chi connectivity index (χ0) is 27.8. The molecule has 1 heterocycles. The van der Waals surface area contributed by atoms with E-state index in [9.17, 15) is 31.5 Å². The fourth-order valence-electron chi connectivity index (χ4n) is 5.04. The second-order valence-corrected chi connectivity index (χ2v) is 11.7. The molecule has 0 unspecified atom stereocenters. The topological polar surface area (TPSA) is 95.9 Å². The molecule has 1 saturated heterocycles. The molecule has 0 spiro atoms. The summed E-state index contributed by atoms with van der Waals surface area (Å²) >= 11 is 0. The first-order valence-electron chi connectivity index (χ1n) is 12.5. The predicted molar refractivity (Wildman–Crippen MR) is 139 cm³/mol. The van der Waals surface area contributed by atoms with Crippen molar-refractivity contribution in [3.05, 3.63) is 78.4 Å². The van der Waals surface area contributed by atoms with Gasteiger partial charge in [-0.25, -0.2) is 8.42 Å². The number of anilines is 1. The Bertz CT molecular complexity index is 1450. The molecule has 1 atom stereocenters. The number of hydrogen-bond donors (Lipinski definition) is 2. The number of hydrogen-bond acceptors (Lipinski definition) is 5. The molecule has 7 nitrogen and oxygen atoms in total. The number of carbonyl (C=O) groups is 1. The van der Waals surface area contributed by atoms with E-state index in [2.05, 4.69) is 10.1 Å². The van der Waals surface area contributed by atoms with Crippen LogP contribution < -0.4 is 10.1 Å². The summed E-state index contributed by atoms with van der Waals surface area (Å²) in [5.74, 6) is -0.600. The van der Waals surface area contributed by atoms with Gasteiger partial charge in [-0.1, -0.05) is 36.4 Å². The molecule has 1 aliphatic carbocycles. The first-order chi connectivity index (χ1) is 18.5. The highest BCUT2D eigenvalue weighted by atomic mass is 32.2. The van der Waals surface area contributed by atoms with E-state index in [1.54, 1.807) is 30.3 Å². The van der Waals surface area contributed by atoms with Gasteiger partial charge in [-0.2, -0.15) is 4.31 Å². The molecule has 1 amide bonds. The summed E-state index contributed by atoms with van der Waals surface area (Å²) in [6.45, 7) is 0.166. The van der Waals surface area contributed by atoms with Crippen LogP contribution in [0.1, 0.15) is 31.2 Å². The number of amides is 1. The molecule has 3 aromatic carbocycles. The van der Waals surface area contributed by atoms with Crippen molar-refractivity contribution in [2.24, 2.45) is 0 Å². The third kappa shape index (κ3) is 5.66. The Morgan fingerprint density at radius 3 is 2.33 bits per heavy atom. The van der Waals surface area contributed by atoms with Gasteiger partial charge < -0.3 is 15.2 Å². The maximum absolute atomic E-state index is 13.2. The molecule has 2 aliphatic rings. The molecule has 2 N–H and O–H groups in total. The maximum Gasteiger partial charge on any atom is 0.573 e. The summed E-state index contributed by atoms with van der Waals surface area (Å²) in [4.78, 5) is 13.3. The zero-order valence-electron chi connectivity index (χ0n) is 20.8. The standard InChI is InChI=1S/C28H27F3N2O5S/c29-28(30,31)38-24-10-8-21(9-11-24)27(14-15-27)26(35)32-22-4-1-3-20(17-22)19-6-12-25(13-7-19)39(36,37)33-16-2-5-23(33)18-34/h1,3-4,6-13,17,23,34H,2,5,14-16,18H2,(H,32,35)/t23-/m1/s1. The third-order valence-electron chi connectivity index (χ3n) is 7.27. The quantitative estimate of drug-likeness (QED) is 0.401. The molecule has 5 rings (SSSR count). The van der Waals surface area contributed by atoms with Crippen LogP contribution in [0.3, 0.4) is 0 Å². The number of ether oxygens (including phenoxy) is 1. The van der Waals surface area contributed by atoms with Gasteiger partial charge >= 0.3 is 6.36 Å². The Balaban J connectivity index is 1.29. The Kier molecular flexibility index (Phi) is 7.17.